The molecule has 1 aromatic heterocycles. The average molecular weight is 391 g/mol. The van der Waals surface area contributed by atoms with Crippen LogP contribution in [-0.4, -0.2) is 41.7 Å². The van der Waals surface area contributed by atoms with E-state index in [0.717, 1.165) is 34.4 Å². The number of hydrogen-bond donors (Lipinski definition) is 1. The summed E-state index contributed by atoms with van der Waals surface area (Å²) < 4.78 is 18.0. The Balaban J connectivity index is 1.57. The molecule has 2 heterocycles. The van der Waals surface area contributed by atoms with Gasteiger partial charge in [0.05, 0.1) is 24.1 Å². The van der Waals surface area contributed by atoms with Crippen LogP contribution in [0.15, 0.2) is 23.4 Å². The number of hydrogen-bond acceptors (Lipinski definition) is 6. The van der Waals surface area contributed by atoms with Crippen molar-refractivity contribution in [1.82, 2.24) is 14.9 Å². The lowest BCUT2D eigenvalue weighted by molar-refractivity contribution is -0.119. The van der Waals surface area contributed by atoms with Crippen molar-refractivity contribution in [3.8, 4) is 11.5 Å². The lowest BCUT2D eigenvalue weighted by atomic mass is 10.1. The number of nitrogens with zero attached hydrogens (tertiary/aromatic N) is 2. The maximum atomic E-state index is 12.4. The first-order chi connectivity index (χ1) is 13.0. The van der Waals surface area contributed by atoms with Crippen molar-refractivity contribution >= 4 is 17.7 Å². The fraction of sp³-hybridized carbons (Fsp3) is 0.474. The van der Waals surface area contributed by atoms with E-state index in [1.165, 1.54) is 11.8 Å². The second-order valence-corrected chi connectivity index (χ2v) is 7.34. The van der Waals surface area contributed by atoms with Gasteiger partial charge in [0.1, 0.15) is 0 Å². The summed E-state index contributed by atoms with van der Waals surface area (Å²) in [6.07, 6.45) is 0. The summed E-state index contributed by atoms with van der Waals surface area (Å²) in [6, 6.07) is 5.59. The van der Waals surface area contributed by atoms with Crippen LogP contribution in [0.3, 0.4) is 0 Å². The van der Waals surface area contributed by atoms with E-state index in [0.29, 0.717) is 18.1 Å². The highest BCUT2D eigenvalue weighted by Crippen LogP contribution is 2.34. The van der Waals surface area contributed by atoms with Gasteiger partial charge in [0.25, 0.3) is 0 Å². The molecule has 0 unspecified atom stereocenters. The number of thioether (sulfide) groups is 1. The summed E-state index contributed by atoms with van der Waals surface area (Å²) in [7, 11) is 1.68. The number of carbonyl (C=O) groups excluding carboxylic acids is 1. The van der Waals surface area contributed by atoms with E-state index >= 15 is 0 Å². The van der Waals surface area contributed by atoms with Crippen molar-refractivity contribution in [2.75, 3.05) is 26.3 Å². The molecule has 0 spiro atoms. The Morgan fingerprint density at radius 1 is 1.37 bits per heavy atom. The molecular weight excluding hydrogens is 366 g/mol. The summed E-state index contributed by atoms with van der Waals surface area (Å²) in [6.45, 7) is 7.53. The third-order valence-corrected chi connectivity index (χ3v) is 5.52. The van der Waals surface area contributed by atoms with Gasteiger partial charge in [-0.1, -0.05) is 17.8 Å². The van der Waals surface area contributed by atoms with Gasteiger partial charge in [-0.15, -0.1) is 0 Å². The lowest BCUT2D eigenvalue weighted by Crippen LogP contribution is -2.28. The minimum atomic E-state index is -0.121. The Labute approximate surface area is 163 Å². The molecule has 1 aliphatic rings. The molecule has 1 aromatic carbocycles. The average Bonchev–Trinajstić information content (AvgIpc) is 3.22. The molecule has 0 saturated heterocycles. The summed E-state index contributed by atoms with van der Waals surface area (Å²) in [5.74, 6) is 1.72. The van der Waals surface area contributed by atoms with E-state index in [-0.39, 0.29) is 18.7 Å². The molecule has 2 aromatic rings. The van der Waals surface area contributed by atoms with E-state index < -0.39 is 0 Å². The maximum absolute atomic E-state index is 12.4. The summed E-state index contributed by atoms with van der Waals surface area (Å²) in [5, 5.41) is 3.86. The largest absolute Gasteiger partial charge is 0.454 e. The van der Waals surface area contributed by atoms with Crippen LogP contribution in [0.1, 0.15) is 29.9 Å². The highest BCUT2D eigenvalue weighted by Gasteiger charge is 2.18. The van der Waals surface area contributed by atoms with E-state index in [1.807, 2.05) is 39.0 Å². The van der Waals surface area contributed by atoms with Gasteiger partial charge in [-0.2, -0.15) is 0 Å². The number of fused-ring (bicyclic) bond motifs is 1. The Bertz CT molecular complexity index is 822. The molecule has 0 radical (unpaired) electrons. The Morgan fingerprint density at radius 3 is 2.93 bits per heavy atom. The van der Waals surface area contributed by atoms with Gasteiger partial charge < -0.3 is 24.1 Å². The SMILES string of the molecule is COCCn1c(SCC(=O)N[C@H](C)c2ccc3c(c2)OCO3)nc(C)c1C. The number of carbonyl (C=O) groups is 1. The molecule has 146 valence electrons. The van der Waals surface area contributed by atoms with Crippen LogP contribution < -0.4 is 14.8 Å². The zero-order chi connectivity index (χ0) is 19.4. The second-order valence-electron chi connectivity index (χ2n) is 6.40. The van der Waals surface area contributed by atoms with Crippen LogP contribution in [0, 0.1) is 13.8 Å². The second kappa shape index (κ2) is 8.67. The minimum absolute atomic E-state index is 0.0400. The van der Waals surface area contributed by atoms with Gasteiger partial charge in [0.2, 0.25) is 12.7 Å². The quantitative estimate of drug-likeness (QED) is 0.698. The van der Waals surface area contributed by atoms with Gasteiger partial charge in [-0.05, 0) is 38.5 Å². The number of imidazole rings is 1. The third kappa shape index (κ3) is 4.56. The number of methoxy groups -OCH3 is 1. The first kappa shape index (κ1) is 19.6. The molecule has 1 amide bonds. The van der Waals surface area contributed by atoms with Crippen molar-refractivity contribution in [2.45, 2.75) is 38.5 Å². The number of benzene rings is 1. The fourth-order valence-corrected chi connectivity index (χ4v) is 3.79. The lowest BCUT2D eigenvalue weighted by Gasteiger charge is -2.15. The van der Waals surface area contributed by atoms with Crippen LogP contribution in [-0.2, 0) is 16.1 Å². The van der Waals surface area contributed by atoms with Crippen molar-refractivity contribution < 1.29 is 19.0 Å². The van der Waals surface area contributed by atoms with Gasteiger partial charge in [-0.3, -0.25) is 4.79 Å². The van der Waals surface area contributed by atoms with E-state index in [4.69, 9.17) is 14.2 Å². The van der Waals surface area contributed by atoms with Crippen LogP contribution in [0.2, 0.25) is 0 Å². The Kier molecular flexibility index (Phi) is 6.28. The molecule has 0 saturated carbocycles. The van der Waals surface area contributed by atoms with Crippen LogP contribution in [0.5, 0.6) is 11.5 Å². The standard InChI is InChI=1S/C19H25N3O4S/c1-12-14(3)22(7-8-24-4)19(21-12)27-10-18(23)20-13(2)15-5-6-16-17(9-15)26-11-25-16/h5-6,9,13H,7-8,10-11H2,1-4H3,(H,20,23)/t13-/m1/s1. The highest BCUT2D eigenvalue weighted by atomic mass is 32.2. The monoisotopic (exact) mass is 391 g/mol. The predicted molar refractivity (Wildman–Crippen MR) is 103 cm³/mol. The first-order valence-electron chi connectivity index (χ1n) is 8.84. The van der Waals surface area contributed by atoms with Crippen molar-refractivity contribution in [3.63, 3.8) is 0 Å². The predicted octanol–water partition coefficient (Wildman–Crippen LogP) is 2.84. The molecule has 7 nitrogen and oxygen atoms in total. The number of aromatic nitrogens is 2. The van der Waals surface area contributed by atoms with Crippen LogP contribution >= 0.6 is 11.8 Å². The Hall–Kier alpha value is -2.19. The molecule has 8 heteroatoms. The molecule has 3 rings (SSSR count). The highest BCUT2D eigenvalue weighted by molar-refractivity contribution is 7.99. The summed E-state index contributed by atoms with van der Waals surface area (Å²) in [5.41, 5.74) is 3.05. The molecule has 27 heavy (non-hydrogen) atoms. The minimum Gasteiger partial charge on any atom is -0.454 e. The summed E-state index contributed by atoms with van der Waals surface area (Å²) in [4.78, 5) is 17.0. The number of rotatable bonds is 8. The van der Waals surface area contributed by atoms with E-state index in [1.54, 1.807) is 7.11 Å². The number of ether oxygens (including phenoxy) is 3. The zero-order valence-electron chi connectivity index (χ0n) is 16.1. The molecule has 1 N–H and O–H groups in total. The van der Waals surface area contributed by atoms with E-state index in [2.05, 4.69) is 14.9 Å². The molecule has 1 aliphatic heterocycles. The van der Waals surface area contributed by atoms with Crippen molar-refractivity contribution in [1.29, 1.82) is 0 Å². The van der Waals surface area contributed by atoms with Gasteiger partial charge in [0, 0.05) is 19.3 Å². The van der Waals surface area contributed by atoms with Gasteiger partial charge in [-0.25, -0.2) is 4.98 Å². The summed E-state index contributed by atoms with van der Waals surface area (Å²) >= 11 is 1.44. The first-order valence-corrected chi connectivity index (χ1v) is 9.82. The topological polar surface area (TPSA) is 74.6 Å². The zero-order valence-corrected chi connectivity index (χ0v) is 16.9. The van der Waals surface area contributed by atoms with Crippen molar-refractivity contribution in [2.24, 2.45) is 0 Å². The molecule has 0 bridgehead atoms. The number of aryl methyl sites for hydroxylation is 1. The van der Waals surface area contributed by atoms with Crippen molar-refractivity contribution in [3.05, 3.63) is 35.2 Å². The van der Waals surface area contributed by atoms with Crippen LogP contribution in [0.25, 0.3) is 0 Å². The van der Waals surface area contributed by atoms with Gasteiger partial charge in [0.15, 0.2) is 16.7 Å². The Morgan fingerprint density at radius 2 is 2.15 bits per heavy atom. The van der Waals surface area contributed by atoms with E-state index in [9.17, 15) is 4.79 Å². The fourth-order valence-electron chi connectivity index (χ4n) is 2.86. The smallest absolute Gasteiger partial charge is 0.231 e. The molecule has 1 atom stereocenters. The van der Waals surface area contributed by atoms with Crippen LogP contribution in [0.4, 0.5) is 0 Å². The normalized spacial score (nSPS) is 13.6. The maximum Gasteiger partial charge on any atom is 0.231 e. The number of amides is 1. The molecule has 0 aliphatic carbocycles. The number of nitrogens with one attached hydrogen (secondary N) is 1. The molecular formula is C19H25N3O4S. The third-order valence-electron chi connectivity index (χ3n) is 4.55. The molecule has 0 fully saturated rings. The van der Waals surface area contributed by atoms with Gasteiger partial charge >= 0.3 is 0 Å².